The molecule has 0 spiro atoms. The van der Waals surface area contributed by atoms with E-state index in [1.807, 2.05) is 11.8 Å². The van der Waals surface area contributed by atoms with Gasteiger partial charge in [-0.25, -0.2) is 8.42 Å². The lowest BCUT2D eigenvalue weighted by atomic mass is 10.2. The highest BCUT2D eigenvalue weighted by atomic mass is 127. The molecule has 3 N–H and O–H groups in total. The van der Waals surface area contributed by atoms with Gasteiger partial charge in [-0.1, -0.05) is 0 Å². The van der Waals surface area contributed by atoms with Crippen LogP contribution in [0.3, 0.4) is 0 Å². The van der Waals surface area contributed by atoms with Crippen LogP contribution in [0.2, 0.25) is 0 Å². The Morgan fingerprint density at radius 1 is 1.25 bits per heavy atom. The van der Waals surface area contributed by atoms with Gasteiger partial charge in [-0.2, -0.15) is 11.8 Å². The first-order valence-electron chi connectivity index (χ1n) is 7.90. The number of nitrogens with one attached hydrogen (secondary N) is 3. The summed E-state index contributed by atoms with van der Waals surface area (Å²) in [6.45, 7) is 1.32. The van der Waals surface area contributed by atoms with E-state index in [1.165, 1.54) is 0 Å². The molecule has 142 valence electrons. The molecule has 0 aliphatic carbocycles. The number of carbonyl (C=O) groups is 1. The lowest BCUT2D eigenvalue weighted by molar-refractivity contribution is -0.121. The summed E-state index contributed by atoms with van der Waals surface area (Å²) >= 11 is 1.84. The zero-order valence-electron chi connectivity index (χ0n) is 14.3. The summed E-state index contributed by atoms with van der Waals surface area (Å²) < 4.78 is 22.7. The highest BCUT2D eigenvalue weighted by Gasteiger charge is 2.28. The molecule has 1 fully saturated rings. The molecule has 7 nitrogen and oxygen atoms in total. The fourth-order valence-corrected chi connectivity index (χ4v) is 4.47. The van der Waals surface area contributed by atoms with Crippen LogP contribution in [-0.4, -0.2) is 70.0 Å². The topological polar surface area (TPSA) is 99.7 Å². The van der Waals surface area contributed by atoms with Crippen molar-refractivity contribution in [3.8, 4) is 0 Å². The Morgan fingerprint density at radius 2 is 1.96 bits per heavy atom. The molecule has 1 heterocycles. The molecule has 1 aliphatic rings. The molecule has 0 bridgehead atoms. The predicted molar refractivity (Wildman–Crippen MR) is 112 cm³/mol. The van der Waals surface area contributed by atoms with E-state index in [9.17, 15) is 13.2 Å². The van der Waals surface area contributed by atoms with Gasteiger partial charge < -0.3 is 16.0 Å². The Labute approximate surface area is 166 Å². The minimum Gasteiger partial charge on any atom is -0.356 e. The summed E-state index contributed by atoms with van der Waals surface area (Å²) in [5.41, 5.74) is 0. The number of amides is 1. The second-order valence-electron chi connectivity index (χ2n) is 5.54. The number of sulfone groups is 1. The molecule has 0 aromatic heterocycles. The van der Waals surface area contributed by atoms with Gasteiger partial charge in [-0.15, -0.1) is 24.0 Å². The molecule has 1 aliphatic heterocycles. The number of rotatable bonds is 9. The summed E-state index contributed by atoms with van der Waals surface area (Å²) in [7, 11) is -1.26. The smallest absolute Gasteiger partial charge is 0.222 e. The quantitative estimate of drug-likeness (QED) is 0.189. The van der Waals surface area contributed by atoms with Crippen molar-refractivity contribution in [1.82, 2.24) is 16.0 Å². The Hall–Kier alpha value is -0.230. The maximum atomic E-state index is 11.8. The molecular formula is C14H29IN4O3S2. The van der Waals surface area contributed by atoms with Gasteiger partial charge in [0.25, 0.3) is 0 Å². The first kappa shape index (κ1) is 23.8. The van der Waals surface area contributed by atoms with Crippen molar-refractivity contribution >= 4 is 57.4 Å². The molecule has 1 rings (SSSR count). The Bertz CT molecular complexity index is 500. The Morgan fingerprint density at radius 3 is 2.54 bits per heavy atom. The maximum absolute atomic E-state index is 11.8. The molecule has 10 heteroatoms. The summed E-state index contributed by atoms with van der Waals surface area (Å²) in [5, 5.41) is 9.06. The summed E-state index contributed by atoms with van der Waals surface area (Å²) in [4.78, 5) is 15.9. The Balaban J connectivity index is 0.00000529. The van der Waals surface area contributed by atoms with Gasteiger partial charge in [0, 0.05) is 32.6 Å². The lowest BCUT2D eigenvalue weighted by Crippen LogP contribution is -2.41. The van der Waals surface area contributed by atoms with E-state index in [0.29, 0.717) is 25.3 Å². The van der Waals surface area contributed by atoms with Gasteiger partial charge in [0.1, 0.15) is 0 Å². The second kappa shape index (κ2) is 13.0. The largest absolute Gasteiger partial charge is 0.356 e. The van der Waals surface area contributed by atoms with E-state index in [0.717, 1.165) is 25.1 Å². The van der Waals surface area contributed by atoms with Crippen molar-refractivity contribution in [2.75, 3.05) is 43.7 Å². The highest BCUT2D eigenvalue weighted by molar-refractivity contribution is 14.0. The highest BCUT2D eigenvalue weighted by Crippen LogP contribution is 2.11. The van der Waals surface area contributed by atoms with Crippen molar-refractivity contribution in [3.05, 3.63) is 0 Å². The molecular weight excluding hydrogens is 463 g/mol. The number of carbonyl (C=O) groups excluding carboxylic acids is 1. The molecule has 0 radical (unpaired) electrons. The molecule has 0 aromatic carbocycles. The number of hydrogen-bond acceptors (Lipinski definition) is 5. The van der Waals surface area contributed by atoms with Crippen LogP contribution < -0.4 is 16.0 Å². The number of hydrogen-bond donors (Lipinski definition) is 3. The third-order valence-corrected chi connectivity index (χ3v) is 6.00. The first-order chi connectivity index (χ1) is 11.0. The summed E-state index contributed by atoms with van der Waals surface area (Å²) in [6, 6.07) is -0.235. The van der Waals surface area contributed by atoms with Crippen molar-refractivity contribution in [3.63, 3.8) is 0 Å². The van der Waals surface area contributed by atoms with Crippen LogP contribution >= 0.6 is 35.7 Å². The van der Waals surface area contributed by atoms with E-state index >= 15 is 0 Å². The zero-order chi connectivity index (χ0) is 17.1. The molecule has 1 saturated heterocycles. The lowest BCUT2D eigenvalue weighted by Gasteiger charge is -2.13. The standard InChI is InChI=1S/C14H28N4O3S2.HI/c1-15-14(16-7-3-4-9-22-2)17-8-5-13(19)18-12-6-10-23(20,21)11-12;/h12H,3-11H2,1-2H3,(H,18,19)(H2,15,16,17);1H. The monoisotopic (exact) mass is 492 g/mol. The van der Waals surface area contributed by atoms with Crippen molar-refractivity contribution in [2.45, 2.75) is 31.7 Å². The number of guanidine groups is 1. The zero-order valence-corrected chi connectivity index (χ0v) is 18.3. The van der Waals surface area contributed by atoms with Gasteiger partial charge in [0.15, 0.2) is 15.8 Å². The summed E-state index contributed by atoms with van der Waals surface area (Å²) in [6.07, 6.45) is 5.15. The third kappa shape index (κ3) is 10.6. The van der Waals surface area contributed by atoms with Crippen molar-refractivity contribution in [1.29, 1.82) is 0 Å². The normalized spacial score (nSPS) is 19.4. The number of halogens is 1. The fraction of sp³-hybridized carbons (Fsp3) is 0.857. The van der Waals surface area contributed by atoms with Crippen LogP contribution in [0.5, 0.6) is 0 Å². The summed E-state index contributed by atoms with van der Waals surface area (Å²) in [5.74, 6) is 1.94. The van der Waals surface area contributed by atoms with E-state index in [-0.39, 0.29) is 47.4 Å². The van der Waals surface area contributed by atoms with Gasteiger partial charge >= 0.3 is 0 Å². The van der Waals surface area contributed by atoms with Crippen LogP contribution in [0.15, 0.2) is 4.99 Å². The van der Waals surface area contributed by atoms with Crippen LogP contribution in [0.25, 0.3) is 0 Å². The maximum Gasteiger partial charge on any atom is 0.222 e. The number of aliphatic imine (C=N–C) groups is 1. The molecule has 24 heavy (non-hydrogen) atoms. The molecule has 0 saturated carbocycles. The Kier molecular flexibility index (Phi) is 12.9. The van der Waals surface area contributed by atoms with Crippen LogP contribution in [0.4, 0.5) is 0 Å². The number of nitrogens with zero attached hydrogens (tertiary/aromatic N) is 1. The van der Waals surface area contributed by atoms with E-state index in [2.05, 4.69) is 27.2 Å². The van der Waals surface area contributed by atoms with Gasteiger partial charge in [0.05, 0.1) is 11.5 Å². The van der Waals surface area contributed by atoms with Crippen LogP contribution in [0.1, 0.15) is 25.7 Å². The van der Waals surface area contributed by atoms with E-state index in [4.69, 9.17) is 0 Å². The van der Waals surface area contributed by atoms with Gasteiger partial charge in [-0.05, 0) is 31.3 Å². The van der Waals surface area contributed by atoms with E-state index in [1.54, 1.807) is 7.05 Å². The predicted octanol–water partition coefficient (Wildman–Crippen LogP) is 0.606. The third-order valence-electron chi connectivity index (χ3n) is 3.53. The minimum absolute atomic E-state index is 0. The minimum atomic E-state index is -2.96. The molecule has 1 atom stereocenters. The first-order valence-corrected chi connectivity index (χ1v) is 11.1. The van der Waals surface area contributed by atoms with Gasteiger partial charge in [0.2, 0.25) is 5.91 Å². The SMILES string of the molecule is CN=C(NCCCCSC)NCCC(=O)NC1CCS(=O)(=O)C1.I. The molecule has 1 unspecified atom stereocenters. The van der Waals surface area contributed by atoms with Crippen LogP contribution in [-0.2, 0) is 14.6 Å². The van der Waals surface area contributed by atoms with Gasteiger partial charge in [-0.3, -0.25) is 9.79 Å². The average molecular weight is 492 g/mol. The number of thioether (sulfide) groups is 1. The molecule has 1 amide bonds. The van der Waals surface area contributed by atoms with Crippen LogP contribution in [0, 0.1) is 0 Å². The fourth-order valence-electron chi connectivity index (χ4n) is 2.30. The average Bonchev–Trinajstić information content (AvgIpc) is 2.84. The van der Waals surface area contributed by atoms with E-state index < -0.39 is 9.84 Å². The number of unbranched alkanes of at least 4 members (excludes halogenated alkanes) is 1. The molecule has 0 aromatic rings. The second-order valence-corrected chi connectivity index (χ2v) is 8.76. The van der Waals surface area contributed by atoms with Crippen molar-refractivity contribution in [2.24, 2.45) is 4.99 Å². The van der Waals surface area contributed by atoms with Crippen molar-refractivity contribution < 1.29 is 13.2 Å².